The summed E-state index contributed by atoms with van der Waals surface area (Å²) in [5, 5.41) is 9.08. The zero-order valence-electron chi connectivity index (χ0n) is 7.94. The van der Waals surface area contributed by atoms with E-state index < -0.39 is 24.1 Å². The zero-order chi connectivity index (χ0) is 10.4. The number of carbonyl (C=O) groups excluding carboxylic acids is 2. The molecule has 0 fully saturated rings. The molecule has 0 saturated carbocycles. The largest absolute Gasteiger partial charge is 0.463 e. The molecule has 0 rings (SSSR count). The lowest BCUT2D eigenvalue weighted by Crippen LogP contribution is -2.37. The molecule has 5 heteroatoms. The smallest absolute Gasteiger partial charge is 0.350 e. The van der Waals surface area contributed by atoms with Gasteiger partial charge in [0.15, 0.2) is 0 Å². The molecule has 13 heavy (non-hydrogen) atoms. The summed E-state index contributed by atoms with van der Waals surface area (Å²) in [6, 6.07) is 0. The maximum absolute atomic E-state index is 11.1. The van der Waals surface area contributed by atoms with Crippen molar-refractivity contribution in [2.75, 3.05) is 6.61 Å². The molecule has 1 N–H and O–H groups in total. The summed E-state index contributed by atoms with van der Waals surface area (Å²) >= 11 is 0. The van der Waals surface area contributed by atoms with E-state index in [0.29, 0.717) is 0 Å². The molecule has 0 aliphatic heterocycles. The highest BCUT2D eigenvalue weighted by molar-refractivity contribution is 5.79. The minimum Gasteiger partial charge on any atom is -0.463 e. The molecule has 0 amide bonds. The van der Waals surface area contributed by atoms with Crippen molar-refractivity contribution in [3.8, 4) is 0 Å². The Morgan fingerprint density at radius 2 is 2.00 bits per heavy atom. The first-order chi connectivity index (χ1) is 5.99. The zero-order valence-corrected chi connectivity index (χ0v) is 7.94. The quantitative estimate of drug-likeness (QED) is 0.625. The van der Waals surface area contributed by atoms with Crippen LogP contribution in [0, 0.1) is 0 Å². The number of aliphatic hydroxyl groups is 1. The van der Waals surface area contributed by atoms with Gasteiger partial charge >= 0.3 is 11.9 Å². The summed E-state index contributed by atoms with van der Waals surface area (Å²) in [7, 11) is 0. The van der Waals surface area contributed by atoms with Crippen molar-refractivity contribution in [3.05, 3.63) is 0 Å². The first kappa shape index (κ1) is 11.9. The van der Waals surface area contributed by atoms with E-state index in [-0.39, 0.29) is 6.61 Å². The molecule has 0 saturated heterocycles. The van der Waals surface area contributed by atoms with E-state index >= 15 is 0 Å². The van der Waals surface area contributed by atoms with E-state index in [1.807, 2.05) is 0 Å². The highest BCUT2D eigenvalue weighted by atomic mass is 16.6. The Kier molecular flexibility index (Phi) is 5.06. The van der Waals surface area contributed by atoms with Crippen LogP contribution in [0.25, 0.3) is 0 Å². The van der Waals surface area contributed by atoms with Crippen LogP contribution in [0.1, 0.15) is 20.8 Å². The number of hydrogen-bond donors (Lipinski definition) is 1. The lowest BCUT2D eigenvalue weighted by molar-refractivity contribution is -0.173. The molecule has 2 atom stereocenters. The highest BCUT2D eigenvalue weighted by Gasteiger charge is 2.27. The standard InChI is InChI=1S/C8H14O5/c1-4-12-8(11)7(5(2)9)13-6(3)10/h5,7,9H,4H2,1-3H3/t5-,7+/m0/s1. The van der Waals surface area contributed by atoms with Gasteiger partial charge in [-0.3, -0.25) is 4.79 Å². The molecule has 0 aromatic heterocycles. The Balaban J connectivity index is 4.24. The second-order valence-electron chi connectivity index (χ2n) is 2.52. The van der Waals surface area contributed by atoms with Crippen LogP contribution in [0.5, 0.6) is 0 Å². The predicted molar refractivity (Wildman–Crippen MR) is 43.9 cm³/mol. The van der Waals surface area contributed by atoms with E-state index in [2.05, 4.69) is 9.47 Å². The van der Waals surface area contributed by atoms with Gasteiger partial charge < -0.3 is 14.6 Å². The van der Waals surface area contributed by atoms with Gasteiger partial charge in [0.1, 0.15) is 0 Å². The fraction of sp³-hybridized carbons (Fsp3) is 0.750. The third-order valence-corrected chi connectivity index (χ3v) is 1.25. The molecule has 0 radical (unpaired) electrons. The van der Waals surface area contributed by atoms with Gasteiger partial charge in [-0.05, 0) is 13.8 Å². The summed E-state index contributed by atoms with van der Waals surface area (Å²) < 4.78 is 9.15. The van der Waals surface area contributed by atoms with E-state index in [0.717, 1.165) is 6.92 Å². The summed E-state index contributed by atoms with van der Waals surface area (Å²) in [5.74, 6) is -1.35. The number of esters is 2. The van der Waals surface area contributed by atoms with Crippen molar-refractivity contribution < 1.29 is 24.2 Å². The van der Waals surface area contributed by atoms with Crippen LogP contribution >= 0.6 is 0 Å². The van der Waals surface area contributed by atoms with Gasteiger partial charge in [0, 0.05) is 6.92 Å². The number of rotatable bonds is 4. The first-order valence-electron chi connectivity index (χ1n) is 4.01. The van der Waals surface area contributed by atoms with Crippen LogP contribution in [0.2, 0.25) is 0 Å². The number of ether oxygens (including phenoxy) is 2. The van der Waals surface area contributed by atoms with Crippen LogP contribution in [-0.2, 0) is 19.1 Å². The molecular weight excluding hydrogens is 176 g/mol. The SMILES string of the molecule is CCOC(=O)[C@H](OC(C)=O)[C@H](C)O. The fourth-order valence-corrected chi connectivity index (χ4v) is 0.747. The van der Waals surface area contributed by atoms with Gasteiger partial charge in [-0.1, -0.05) is 0 Å². The molecule has 0 spiro atoms. The van der Waals surface area contributed by atoms with Gasteiger partial charge in [-0.25, -0.2) is 4.79 Å². The second-order valence-corrected chi connectivity index (χ2v) is 2.52. The Morgan fingerprint density at radius 1 is 1.46 bits per heavy atom. The van der Waals surface area contributed by atoms with Crippen molar-refractivity contribution in [2.45, 2.75) is 33.0 Å². The minimum absolute atomic E-state index is 0.184. The number of carbonyl (C=O) groups is 2. The molecule has 0 aliphatic rings. The minimum atomic E-state index is -1.22. The fourth-order valence-electron chi connectivity index (χ4n) is 0.747. The molecule has 0 aromatic carbocycles. The monoisotopic (exact) mass is 190 g/mol. The average molecular weight is 190 g/mol. The predicted octanol–water partition coefficient (Wildman–Crippen LogP) is -0.138. The molecule has 0 aromatic rings. The van der Waals surface area contributed by atoms with Crippen LogP contribution in [-0.4, -0.2) is 35.9 Å². The third-order valence-electron chi connectivity index (χ3n) is 1.25. The summed E-state index contributed by atoms with van der Waals surface area (Å²) in [4.78, 5) is 21.6. The second kappa shape index (κ2) is 5.53. The molecule has 76 valence electrons. The Bertz CT molecular complexity index is 187. The van der Waals surface area contributed by atoms with Gasteiger partial charge in [0.25, 0.3) is 0 Å². The topological polar surface area (TPSA) is 72.8 Å². The van der Waals surface area contributed by atoms with Gasteiger partial charge in [0.2, 0.25) is 6.10 Å². The maximum atomic E-state index is 11.1. The average Bonchev–Trinajstić information content (AvgIpc) is 1.99. The van der Waals surface area contributed by atoms with Crippen molar-refractivity contribution >= 4 is 11.9 Å². The summed E-state index contributed by atoms with van der Waals surface area (Å²) in [6.45, 7) is 4.33. The Hall–Kier alpha value is -1.10. The number of hydrogen-bond acceptors (Lipinski definition) is 5. The van der Waals surface area contributed by atoms with Crippen LogP contribution < -0.4 is 0 Å². The van der Waals surface area contributed by atoms with Crippen LogP contribution in [0.4, 0.5) is 0 Å². The molecule has 0 aliphatic carbocycles. The van der Waals surface area contributed by atoms with Crippen LogP contribution in [0.3, 0.4) is 0 Å². The lowest BCUT2D eigenvalue weighted by atomic mass is 10.2. The Morgan fingerprint density at radius 3 is 2.31 bits per heavy atom. The van der Waals surface area contributed by atoms with Gasteiger partial charge in [-0.15, -0.1) is 0 Å². The summed E-state index contributed by atoms with van der Waals surface area (Å²) in [6.07, 6.45) is -2.29. The first-order valence-corrected chi connectivity index (χ1v) is 4.01. The highest BCUT2D eigenvalue weighted by Crippen LogP contribution is 2.02. The molecule has 5 nitrogen and oxygen atoms in total. The van der Waals surface area contributed by atoms with E-state index in [1.165, 1.54) is 6.92 Å². The van der Waals surface area contributed by atoms with Crippen molar-refractivity contribution in [2.24, 2.45) is 0 Å². The molecule has 0 bridgehead atoms. The molecule has 0 unspecified atom stereocenters. The summed E-state index contributed by atoms with van der Waals surface area (Å²) in [5.41, 5.74) is 0. The van der Waals surface area contributed by atoms with Gasteiger partial charge in [0.05, 0.1) is 12.7 Å². The molecular formula is C8H14O5. The van der Waals surface area contributed by atoms with E-state index in [4.69, 9.17) is 5.11 Å². The van der Waals surface area contributed by atoms with Crippen LogP contribution in [0.15, 0.2) is 0 Å². The van der Waals surface area contributed by atoms with Gasteiger partial charge in [-0.2, -0.15) is 0 Å². The Labute approximate surface area is 76.6 Å². The normalized spacial score (nSPS) is 14.5. The third kappa shape index (κ3) is 4.47. The van der Waals surface area contributed by atoms with Crippen molar-refractivity contribution in [1.82, 2.24) is 0 Å². The maximum Gasteiger partial charge on any atom is 0.350 e. The molecule has 0 heterocycles. The number of aliphatic hydroxyl groups excluding tert-OH is 1. The van der Waals surface area contributed by atoms with E-state index in [1.54, 1.807) is 6.92 Å². The van der Waals surface area contributed by atoms with Crippen molar-refractivity contribution in [3.63, 3.8) is 0 Å². The van der Waals surface area contributed by atoms with E-state index in [9.17, 15) is 9.59 Å². The lowest BCUT2D eigenvalue weighted by Gasteiger charge is -2.17. The van der Waals surface area contributed by atoms with Crippen molar-refractivity contribution in [1.29, 1.82) is 0 Å².